The standard InChI is InChI=1S/C13H10ClN3O4/c1-21-12-5-10(17(19)20)2-3-11(12)16-13(18)8-4-9(14)7-15-6-8/h2-7H,1H3,(H,16,18). The fourth-order valence-electron chi connectivity index (χ4n) is 1.63. The Balaban J connectivity index is 2.27. The van der Waals surface area contributed by atoms with Crippen molar-refractivity contribution in [3.8, 4) is 5.75 Å². The van der Waals surface area contributed by atoms with Gasteiger partial charge < -0.3 is 10.1 Å². The van der Waals surface area contributed by atoms with Crippen molar-refractivity contribution in [2.75, 3.05) is 12.4 Å². The number of nitrogens with zero attached hydrogens (tertiary/aromatic N) is 2. The van der Waals surface area contributed by atoms with E-state index in [1.807, 2.05) is 0 Å². The van der Waals surface area contributed by atoms with Gasteiger partial charge in [0.05, 0.1) is 34.4 Å². The molecule has 8 heteroatoms. The normalized spacial score (nSPS) is 10.0. The van der Waals surface area contributed by atoms with Crippen LogP contribution in [0.3, 0.4) is 0 Å². The monoisotopic (exact) mass is 307 g/mol. The largest absolute Gasteiger partial charge is 0.494 e. The van der Waals surface area contributed by atoms with E-state index < -0.39 is 10.8 Å². The summed E-state index contributed by atoms with van der Waals surface area (Å²) in [6, 6.07) is 5.36. The van der Waals surface area contributed by atoms with Crippen LogP contribution in [-0.2, 0) is 0 Å². The summed E-state index contributed by atoms with van der Waals surface area (Å²) in [5.74, 6) is -0.260. The van der Waals surface area contributed by atoms with Crippen LogP contribution in [0.25, 0.3) is 0 Å². The molecule has 0 aliphatic heterocycles. The molecule has 1 heterocycles. The number of pyridine rings is 1. The molecule has 0 saturated heterocycles. The molecule has 0 unspecified atom stereocenters. The number of anilines is 1. The maximum absolute atomic E-state index is 12.1. The van der Waals surface area contributed by atoms with Crippen LogP contribution in [-0.4, -0.2) is 22.9 Å². The number of benzene rings is 1. The van der Waals surface area contributed by atoms with E-state index in [4.69, 9.17) is 16.3 Å². The van der Waals surface area contributed by atoms with Gasteiger partial charge in [0.1, 0.15) is 5.75 Å². The third-order valence-corrected chi connectivity index (χ3v) is 2.82. The summed E-state index contributed by atoms with van der Waals surface area (Å²) < 4.78 is 5.04. The number of halogens is 1. The molecule has 0 radical (unpaired) electrons. The molecule has 1 aromatic heterocycles. The summed E-state index contributed by atoms with van der Waals surface area (Å²) in [6.45, 7) is 0. The zero-order valence-electron chi connectivity index (χ0n) is 10.9. The number of non-ortho nitro benzene ring substituents is 1. The van der Waals surface area contributed by atoms with Crippen LogP contribution in [0.1, 0.15) is 10.4 Å². The minimum absolute atomic E-state index is 0.130. The molecule has 7 nitrogen and oxygen atoms in total. The van der Waals surface area contributed by atoms with Gasteiger partial charge in [-0.05, 0) is 12.1 Å². The molecule has 21 heavy (non-hydrogen) atoms. The molecule has 108 valence electrons. The molecule has 2 rings (SSSR count). The van der Waals surface area contributed by atoms with Gasteiger partial charge >= 0.3 is 0 Å². The smallest absolute Gasteiger partial charge is 0.273 e. The summed E-state index contributed by atoms with van der Waals surface area (Å²) in [7, 11) is 1.36. The zero-order valence-corrected chi connectivity index (χ0v) is 11.6. The molecule has 1 N–H and O–H groups in total. The molecule has 0 aliphatic carbocycles. The molecular weight excluding hydrogens is 298 g/mol. The Labute approximate surface area is 124 Å². The van der Waals surface area contributed by atoms with Crippen molar-refractivity contribution in [1.29, 1.82) is 0 Å². The quantitative estimate of drug-likeness (QED) is 0.692. The van der Waals surface area contributed by atoms with Crippen molar-refractivity contribution in [1.82, 2.24) is 4.98 Å². The first kappa shape index (κ1) is 14.7. The van der Waals surface area contributed by atoms with E-state index >= 15 is 0 Å². The number of rotatable bonds is 4. The zero-order chi connectivity index (χ0) is 15.4. The van der Waals surface area contributed by atoms with Crippen molar-refractivity contribution in [2.24, 2.45) is 0 Å². The van der Waals surface area contributed by atoms with Crippen molar-refractivity contribution >= 4 is 28.9 Å². The highest BCUT2D eigenvalue weighted by atomic mass is 35.5. The summed E-state index contributed by atoms with van der Waals surface area (Å²) >= 11 is 5.76. The third-order valence-electron chi connectivity index (χ3n) is 2.61. The fourth-order valence-corrected chi connectivity index (χ4v) is 1.80. The Kier molecular flexibility index (Phi) is 4.34. The Hall–Kier alpha value is -2.67. The number of nitro benzene ring substituents is 1. The highest BCUT2D eigenvalue weighted by Crippen LogP contribution is 2.29. The van der Waals surface area contributed by atoms with Crippen molar-refractivity contribution < 1.29 is 14.5 Å². The van der Waals surface area contributed by atoms with E-state index in [0.717, 1.165) is 0 Å². The van der Waals surface area contributed by atoms with Gasteiger partial charge in [-0.25, -0.2) is 0 Å². The van der Waals surface area contributed by atoms with Crippen LogP contribution in [0.15, 0.2) is 36.7 Å². The molecule has 0 saturated carbocycles. The molecule has 0 atom stereocenters. The van der Waals surface area contributed by atoms with Gasteiger partial charge in [0, 0.05) is 18.5 Å². The first-order chi connectivity index (χ1) is 10.0. The molecule has 0 fully saturated rings. The molecule has 0 spiro atoms. The van der Waals surface area contributed by atoms with Crippen LogP contribution in [0.4, 0.5) is 11.4 Å². The van der Waals surface area contributed by atoms with Crippen molar-refractivity contribution in [3.05, 3.63) is 57.4 Å². The highest BCUT2D eigenvalue weighted by molar-refractivity contribution is 6.30. The Morgan fingerprint density at radius 2 is 2.14 bits per heavy atom. The second-order valence-corrected chi connectivity index (χ2v) is 4.42. The molecule has 0 aliphatic rings. The van der Waals surface area contributed by atoms with E-state index in [2.05, 4.69) is 10.3 Å². The van der Waals surface area contributed by atoms with Crippen molar-refractivity contribution in [3.63, 3.8) is 0 Å². The second-order valence-electron chi connectivity index (χ2n) is 3.99. The number of nitro groups is 1. The van der Waals surface area contributed by atoms with Crippen LogP contribution >= 0.6 is 11.6 Å². The molecule has 1 amide bonds. The summed E-state index contributed by atoms with van der Waals surface area (Å²) in [5, 5.41) is 13.6. The minimum atomic E-state index is -0.547. The number of nitrogens with one attached hydrogen (secondary N) is 1. The number of carbonyl (C=O) groups excluding carboxylic acids is 1. The van der Waals surface area contributed by atoms with Crippen LogP contribution in [0, 0.1) is 10.1 Å². The van der Waals surface area contributed by atoms with Crippen LogP contribution in [0.5, 0.6) is 5.75 Å². The lowest BCUT2D eigenvalue weighted by molar-refractivity contribution is -0.384. The van der Waals surface area contributed by atoms with Gasteiger partial charge in [0.15, 0.2) is 0 Å². The van der Waals surface area contributed by atoms with Crippen LogP contribution < -0.4 is 10.1 Å². The van der Waals surface area contributed by atoms with Gasteiger partial charge in [-0.15, -0.1) is 0 Å². The molecule has 1 aromatic carbocycles. The lowest BCUT2D eigenvalue weighted by Gasteiger charge is -2.09. The first-order valence-electron chi connectivity index (χ1n) is 5.75. The van der Waals surface area contributed by atoms with Gasteiger partial charge in [-0.1, -0.05) is 11.6 Å². The van der Waals surface area contributed by atoms with Crippen LogP contribution in [0.2, 0.25) is 5.02 Å². The molecule has 0 bridgehead atoms. The number of hydrogen-bond acceptors (Lipinski definition) is 5. The van der Waals surface area contributed by atoms with E-state index in [1.54, 1.807) is 0 Å². The minimum Gasteiger partial charge on any atom is -0.494 e. The fraction of sp³-hybridized carbons (Fsp3) is 0.0769. The number of carbonyl (C=O) groups is 1. The number of methoxy groups -OCH3 is 1. The van der Waals surface area contributed by atoms with Gasteiger partial charge in [0.2, 0.25) is 0 Å². The number of aromatic nitrogens is 1. The summed E-state index contributed by atoms with van der Waals surface area (Å²) in [5.41, 5.74) is 0.449. The Bertz CT molecular complexity index is 706. The predicted molar refractivity (Wildman–Crippen MR) is 76.8 cm³/mol. The van der Waals surface area contributed by atoms with E-state index in [0.29, 0.717) is 10.7 Å². The maximum atomic E-state index is 12.1. The van der Waals surface area contributed by atoms with E-state index in [-0.39, 0.29) is 17.0 Å². The van der Waals surface area contributed by atoms with Gasteiger partial charge in [-0.3, -0.25) is 19.9 Å². The number of amides is 1. The predicted octanol–water partition coefficient (Wildman–Crippen LogP) is 2.90. The number of hydrogen-bond donors (Lipinski definition) is 1. The molecular formula is C13H10ClN3O4. The lowest BCUT2D eigenvalue weighted by Crippen LogP contribution is -2.13. The summed E-state index contributed by atoms with van der Waals surface area (Å²) in [4.78, 5) is 26.0. The van der Waals surface area contributed by atoms with E-state index in [9.17, 15) is 14.9 Å². The number of ether oxygens (including phenoxy) is 1. The second kappa shape index (κ2) is 6.19. The summed E-state index contributed by atoms with van der Waals surface area (Å²) in [6.07, 6.45) is 2.77. The Morgan fingerprint density at radius 3 is 2.76 bits per heavy atom. The average Bonchev–Trinajstić information content (AvgIpc) is 2.47. The highest BCUT2D eigenvalue weighted by Gasteiger charge is 2.14. The third kappa shape index (κ3) is 3.46. The van der Waals surface area contributed by atoms with Gasteiger partial charge in [0.25, 0.3) is 11.6 Å². The topological polar surface area (TPSA) is 94.4 Å². The first-order valence-corrected chi connectivity index (χ1v) is 6.13. The molecule has 2 aromatic rings. The SMILES string of the molecule is COc1cc([N+](=O)[O-])ccc1NC(=O)c1cncc(Cl)c1. The average molecular weight is 308 g/mol. The lowest BCUT2D eigenvalue weighted by atomic mass is 10.2. The Morgan fingerprint density at radius 1 is 1.38 bits per heavy atom. The van der Waals surface area contributed by atoms with E-state index in [1.165, 1.54) is 43.8 Å². The maximum Gasteiger partial charge on any atom is 0.273 e. The van der Waals surface area contributed by atoms with Gasteiger partial charge in [-0.2, -0.15) is 0 Å². The van der Waals surface area contributed by atoms with Crippen molar-refractivity contribution in [2.45, 2.75) is 0 Å².